The van der Waals surface area contributed by atoms with Crippen LogP contribution in [0.4, 0.5) is 0 Å². The molecular formula is C12H25NO3. The Hall–Kier alpha value is -0.160. The van der Waals surface area contributed by atoms with Crippen molar-refractivity contribution in [1.29, 1.82) is 0 Å². The first-order valence-corrected chi connectivity index (χ1v) is 6.25. The molecular weight excluding hydrogens is 206 g/mol. The van der Waals surface area contributed by atoms with Gasteiger partial charge >= 0.3 is 0 Å². The van der Waals surface area contributed by atoms with Crippen molar-refractivity contribution >= 4 is 0 Å². The molecule has 0 atom stereocenters. The maximum absolute atomic E-state index is 8.55. The zero-order valence-corrected chi connectivity index (χ0v) is 10.3. The maximum Gasteiger partial charge on any atom is 0.0805 e. The van der Waals surface area contributed by atoms with E-state index in [-0.39, 0.29) is 12.2 Å². The molecule has 0 heterocycles. The summed E-state index contributed by atoms with van der Waals surface area (Å²) in [5, 5.41) is 8.55. The molecule has 0 unspecified atom stereocenters. The van der Waals surface area contributed by atoms with Gasteiger partial charge in [-0.25, -0.2) is 0 Å². The highest BCUT2D eigenvalue weighted by Crippen LogP contribution is 2.33. The van der Waals surface area contributed by atoms with Crippen LogP contribution in [0.5, 0.6) is 0 Å². The van der Waals surface area contributed by atoms with Crippen LogP contribution >= 0.6 is 0 Å². The van der Waals surface area contributed by atoms with E-state index in [9.17, 15) is 0 Å². The summed E-state index contributed by atoms with van der Waals surface area (Å²) in [7, 11) is 0. The molecule has 0 spiro atoms. The molecule has 0 aromatic heterocycles. The molecule has 0 radical (unpaired) electrons. The summed E-state index contributed by atoms with van der Waals surface area (Å²) in [6.07, 6.45) is 4.53. The van der Waals surface area contributed by atoms with E-state index >= 15 is 0 Å². The topological polar surface area (TPSA) is 64.7 Å². The molecule has 0 amide bonds. The van der Waals surface area contributed by atoms with Gasteiger partial charge < -0.3 is 20.3 Å². The fourth-order valence-electron chi connectivity index (χ4n) is 2.18. The van der Waals surface area contributed by atoms with E-state index < -0.39 is 0 Å². The molecule has 1 fully saturated rings. The Kier molecular flexibility index (Phi) is 6.28. The van der Waals surface area contributed by atoms with Crippen molar-refractivity contribution in [2.45, 2.75) is 38.2 Å². The molecule has 4 heteroatoms. The molecule has 0 aromatic carbocycles. The van der Waals surface area contributed by atoms with Crippen molar-refractivity contribution in [1.82, 2.24) is 0 Å². The second-order valence-electron chi connectivity index (χ2n) is 4.75. The van der Waals surface area contributed by atoms with Gasteiger partial charge in [0.05, 0.1) is 32.0 Å². The second-order valence-corrected chi connectivity index (χ2v) is 4.75. The van der Waals surface area contributed by atoms with Crippen LogP contribution in [0, 0.1) is 5.92 Å². The van der Waals surface area contributed by atoms with Gasteiger partial charge in [0.15, 0.2) is 0 Å². The number of aliphatic hydroxyl groups is 1. The van der Waals surface area contributed by atoms with Crippen LogP contribution in [0.1, 0.15) is 32.6 Å². The van der Waals surface area contributed by atoms with E-state index in [0.717, 1.165) is 18.8 Å². The maximum atomic E-state index is 8.55. The summed E-state index contributed by atoms with van der Waals surface area (Å²) in [5.74, 6) is 0.800. The summed E-state index contributed by atoms with van der Waals surface area (Å²) in [6.45, 7) is 4.45. The van der Waals surface area contributed by atoms with Gasteiger partial charge in [-0.05, 0) is 31.6 Å². The van der Waals surface area contributed by atoms with Gasteiger partial charge in [0, 0.05) is 6.54 Å². The molecule has 1 saturated carbocycles. The molecule has 1 aliphatic carbocycles. The molecule has 4 nitrogen and oxygen atoms in total. The monoisotopic (exact) mass is 231 g/mol. The fourth-order valence-corrected chi connectivity index (χ4v) is 2.18. The van der Waals surface area contributed by atoms with Gasteiger partial charge in [0.1, 0.15) is 0 Å². The van der Waals surface area contributed by atoms with Gasteiger partial charge in [-0.3, -0.25) is 0 Å². The molecule has 1 aliphatic rings. The van der Waals surface area contributed by atoms with Crippen molar-refractivity contribution in [3.05, 3.63) is 0 Å². The van der Waals surface area contributed by atoms with E-state index in [4.69, 9.17) is 20.3 Å². The summed E-state index contributed by atoms with van der Waals surface area (Å²) in [5.41, 5.74) is 5.70. The Morgan fingerprint density at radius 2 is 1.94 bits per heavy atom. The van der Waals surface area contributed by atoms with Crippen molar-refractivity contribution < 1.29 is 14.6 Å². The normalized spacial score (nSPS) is 30.6. The van der Waals surface area contributed by atoms with E-state index in [1.54, 1.807) is 0 Å². The Morgan fingerprint density at radius 1 is 1.25 bits per heavy atom. The molecule has 0 saturated heterocycles. The summed E-state index contributed by atoms with van der Waals surface area (Å²) in [6, 6.07) is 0. The van der Waals surface area contributed by atoms with Gasteiger partial charge in [-0.1, -0.05) is 6.92 Å². The zero-order chi connectivity index (χ0) is 11.9. The predicted octanol–water partition coefficient (Wildman–Crippen LogP) is 0.919. The van der Waals surface area contributed by atoms with Crippen LogP contribution in [-0.2, 0) is 9.47 Å². The average molecular weight is 231 g/mol. The van der Waals surface area contributed by atoms with E-state index in [1.165, 1.54) is 12.8 Å². The van der Waals surface area contributed by atoms with Gasteiger partial charge in [-0.2, -0.15) is 0 Å². The highest BCUT2D eigenvalue weighted by molar-refractivity contribution is 4.87. The van der Waals surface area contributed by atoms with Crippen molar-refractivity contribution in [3.8, 4) is 0 Å². The third kappa shape index (κ3) is 4.37. The molecule has 0 aliphatic heterocycles. The zero-order valence-electron chi connectivity index (χ0n) is 10.3. The smallest absolute Gasteiger partial charge is 0.0805 e. The molecule has 0 aromatic rings. The minimum absolute atomic E-state index is 0.0690. The minimum Gasteiger partial charge on any atom is -0.394 e. The number of rotatable bonds is 7. The Morgan fingerprint density at radius 3 is 2.50 bits per heavy atom. The highest BCUT2D eigenvalue weighted by atomic mass is 16.5. The highest BCUT2D eigenvalue weighted by Gasteiger charge is 2.33. The Labute approximate surface area is 98.1 Å². The first kappa shape index (κ1) is 13.9. The van der Waals surface area contributed by atoms with Crippen LogP contribution in [0.2, 0.25) is 0 Å². The lowest BCUT2D eigenvalue weighted by Gasteiger charge is -2.38. The largest absolute Gasteiger partial charge is 0.394 e. The summed E-state index contributed by atoms with van der Waals surface area (Å²) >= 11 is 0. The predicted molar refractivity (Wildman–Crippen MR) is 63.3 cm³/mol. The summed E-state index contributed by atoms with van der Waals surface area (Å²) < 4.78 is 11.1. The lowest BCUT2D eigenvalue weighted by atomic mass is 9.79. The van der Waals surface area contributed by atoms with Gasteiger partial charge in [0.2, 0.25) is 0 Å². The molecule has 1 rings (SSSR count). The third-order valence-corrected chi connectivity index (χ3v) is 3.43. The van der Waals surface area contributed by atoms with Crippen LogP contribution in [0.15, 0.2) is 0 Å². The van der Waals surface area contributed by atoms with Gasteiger partial charge in [0.25, 0.3) is 0 Å². The molecule has 16 heavy (non-hydrogen) atoms. The van der Waals surface area contributed by atoms with Gasteiger partial charge in [-0.15, -0.1) is 0 Å². The van der Waals surface area contributed by atoms with Crippen LogP contribution in [-0.4, -0.2) is 43.7 Å². The number of nitrogens with two attached hydrogens (primary N) is 1. The number of hydrogen-bond donors (Lipinski definition) is 2. The van der Waals surface area contributed by atoms with Crippen molar-refractivity contribution in [2.24, 2.45) is 11.7 Å². The number of aliphatic hydroxyl groups excluding tert-OH is 1. The Balaban J connectivity index is 2.20. The van der Waals surface area contributed by atoms with Crippen LogP contribution in [0.3, 0.4) is 0 Å². The lowest BCUT2D eigenvalue weighted by molar-refractivity contribution is -0.0887. The van der Waals surface area contributed by atoms with Crippen LogP contribution < -0.4 is 5.73 Å². The van der Waals surface area contributed by atoms with E-state index in [2.05, 4.69) is 6.92 Å². The molecule has 3 N–H and O–H groups in total. The van der Waals surface area contributed by atoms with Crippen molar-refractivity contribution in [2.75, 3.05) is 33.0 Å². The van der Waals surface area contributed by atoms with E-state index in [1.807, 2.05) is 0 Å². The van der Waals surface area contributed by atoms with Crippen molar-refractivity contribution in [3.63, 3.8) is 0 Å². The quantitative estimate of drug-likeness (QED) is 0.639. The third-order valence-electron chi connectivity index (χ3n) is 3.43. The minimum atomic E-state index is -0.116. The lowest BCUT2D eigenvalue weighted by Crippen LogP contribution is -2.44. The second kappa shape index (κ2) is 7.22. The fraction of sp³-hybridized carbons (Fsp3) is 1.00. The molecule has 0 bridgehead atoms. The van der Waals surface area contributed by atoms with E-state index in [0.29, 0.717) is 26.4 Å². The Bertz CT molecular complexity index is 179. The average Bonchev–Trinajstić information content (AvgIpc) is 2.32. The molecule has 96 valence electrons. The van der Waals surface area contributed by atoms with Crippen LogP contribution in [0.25, 0.3) is 0 Å². The first-order valence-electron chi connectivity index (χ1n) is 6.25. The first-order chi connectivity index (χ1) is 7.72. The standard InChI is InChI=1S/C12H25NO3/c1-11-2-4-12(10-13,5-3-11)16-9-8-15-7-6-14/h11,14H,2-10,13H2,1H3. The summed E-state index contributed by atoms with van der Waals surface area (Å²) in [4.78, 5) is 0. The number of ether oxygens (including phenoxy) is 2. The SMILES string of the molecule is CC1CCC(CN)(OCCOCCO)CC1. The number of hydrogen-bond acceptors (Lipinski definition) is 4.